The topological polar surface area (TPSA) is 28.7 Å². The van der Waals surface area contributed by atoms with Crippen LogP contribution in [0.1, 0.15) is 16.8 Å². The van der Waals surface area contributed by atoms with Crippen molar-refractivity contribution >= 4 is 0 Å². The number of rotatable bonds is 4. The minimum atomic E-state index is -0.192. The molecule has 3 rings (SSSR count). The summed E-state index contributed by atoms with van der Waals surface area (Å²) in [7, 11) is 0. The normalized spacial score (nSPS) is 10.8. The average Bonchev–Trinajstić information content (AvgIpc) is 2.89. The average molecular weight is 280 g/mol. The maximum Gasteiger partial charge on any atom is 0.123 e. The van der Waals surface area contributed by atoms with Crippen molar-refractivity contribution in [3.63, 3.8) is 0 Å². The summed E-state index contributed by atoms with van der Waals surface area (Å²) in [6.07, 6.45) is 1.74. The van der Waals surface area contributed by atoms with Crippen LogP contribution >= 0.6 is 0 Å². The predicted molar refractivity (Wildman–Crippen MR) is 82.6 cm³/mol. The van der Waals surface area contributed by atoms with Gasteiger partial charge in [-0.2, -0.15) is 5.10 Å². The Hall–Kier alpha value is -2.42. The number of aromatic amines is 1. The Morgan fingerprint density at radius 3 is 2.38 bits per heavy atom. The standard InChI is InChI=1S/C18H17FN2/c1-13-17(12-9-14-7-10-16(19)11-8-14)20-21-18(13)15-5-3-2-4-6-15/h2-8,10-11H,9,12H2,1H3,(H,20,21). The molecule has 3 heteroatoms. The van der Waals surface area contributed by atoms with E-state index in [0.717, 1.165) is 35.4 Å². The van der Waals surface area contributed by atoms with E-state index in [1.165, 1.54) is 17.7 Å². The van der Waals surface area contributed by atoms with Gasteiger partial charge in [0, 0.05) is 11.3 Å². The molecule has 0 atom stereocenters. The molecule has 1 heterocycles. The Kier molecular flexibility index (Phi) is 3.82. The third-order valence-corrected chi connectivity index (χ3v) is 3.73. The lowest BCUT2D eigenvalue weighted by atomic mass is 10.0. The number of H-pyrrole nitrogens is 1. The summed E-state index contributed by atoms with van der Waals surface area (Å²) < 4.78 is 12.9. The van der Waals surface area contributed by atoms with Crippen LogP contribution in [0.4, 0.5) is 4.39 Å². The highest BCUT2D eigenvalue weighted by Crippen LogP contribution is 2.23. The van der Waals surface area contributed by atoms with Gasteiger partial charge >= 0.3 is 0 Å². The van der Waals surface area contributed by atoms with E-state index in [2.05, 4.69) is 29.3 Å². The SMILES string of the molecule is Cc1c(-c2ccccc2)n[nH]c1CCc1ccc(F)cc1. The highest BCUT2D eigenvalue weighted by atomic mass is 19.1. The number of halogens is 1. The Morgan fingerprint density at radius 2 is 1.67 bits per heavy atom. The van der Waals surface area contributed by atoms with E-state index < -0.39 is 0 Å². The Bertz CT molecular complexity index is 715. The second kappa shape index (κ2) is 5.92. The van der Waals surface area contributed by atoms with E-state index in [-0.39, 0.29) is 5.82 Å². The van der Waals surface area contributed by atoms with Crippen molar-refractivity contribution in [3.8, 4) is 11.3 Å². The number of aryl methyl sites for hydroxylation is 2. The van der Waals surface area contributed by atoms with E-state index >= 15 is 0 Å². The van der Waals surface area contributed by atoms with Crippen molar-refractivity contribution in [3.05, 3.63) is 77.2 Å². The zero-order chi connectivity index (χ0) is 14.7. The van der Waals surface area contributed by atoms with Crippen molar-refractivity contribution in [2.75, 3.05) is 0 Å². The quantitative estimate of drug-likeness (QED) is 0.758. The molecule has 0 unspecified atom stereocenters. The lowest BCUT2D eigenvalue weighted by Gasteiger charge is -2.02. The van der Waals surface area contributed by atoms with E-state index in [4.69, 9.17) is 0 Å². The van der Waals surface area contributed by atoms with Crippen LogP contribution in [0.15, 0.2) is 54.6 Å². The van der Waals surface area contributed by atoms with Gasteiger partial charge in [-0.05, 0) is 43.0 Å². The van der Waals surface area contributed by atoms with Crippen molar-refractivity contribution < 1.29 is 4.39 Å². The molecule has 0 bridgehead atoms. The molecule has 0 aliphatic rings. The van der Waals surface area contributed by atoms with Gasteiger partial charge in [0.25, 0.3) is 0 Å². The van der Waals surface area contributed by atoms with Crippen molar-refractivity contribution in [2.45, 2.75) is 19.8 Å². The lowest BCUT2D eigenvalue weighted by molar-refractivity contribution is 0.627. The van der Waals surface area contributed by atoms with Crippen LogP contribution < -0.4 is 0 Å². The van der Waals surface area contributed by atoms with Gasteiger partial charge in [0.15, 0.2) is 0 Å². The van der Waals surface area contributed by atoms with E-state index in [9.17, 15) is 4.39 Å². The third kappa shape index (κ3) is 3.02. The molecule has 0 saturated heterocycles. The summed E-state index contributed by atoms with van der Waals surface area (Å²) in [6, 6.07) is 16.8. The van der Waals surface area contributed by atoms with E-state index in [0.29, 0.717) is 0 Å². The van der Waals surface area contributed by atoms with Crippen molar-refractivity contribution in [1.82, 2.24) is 10.2 Å². The smallest absolute Gasteiger partial charge is 0.123 e. The zero-order valence-electron chi connectivity index (χ0n) is 11.9. The van der Waals surface area contributed by atoms with Crippen LogP contribution in [0, 0.1) is 12.7 Å². The van der Waals surface area contributed by atoms with E-state index in [1.54, 1.807) is 0 Å². The van der Waals surface area contributed by atoms with Gasteiger partial charge in [-0.3, -0.25) is 5.10 Å². The van der Waals surface area contributed by atoms with E-state index in [1.807, 2.05) is 30.3 Å². The maximum atomic E-state index is 12.9. The largest absolute Gasteiger partial charge is 0.282 e. The monoisotopic (exact) mass is 280 g/mol. The highest BCUT2D eigenvalue weighted by molar-refractivity contribution is 5.63. The summed E-state index contributed by atoms with van der Waals surface area (Å²) in [4.78, 5) is 0. The van der Waals surface area contributed by atoms with Gasteiger partial charge in [-0.1, -0.05) is 42.5 Å². The molecule has 0 aliphatic carbocycles. The Balaban J connectivity index is 1.75. The van der Waals surface area contributed by atoms with Gasteiger partial charge in [0.1, 0.15) is 5.82 Å². The fourth-order valence-electron chi connectivity index (χ4n) is 2.47. The molecule has 1 aromatic heterocycles. The number of hydrogen-bond donors (Lipinski definition) is 1. The van der Waals surface area contributed by atoms with Gasteiger partial charge in [-0.15, -0.1) is 0 Å². The fourth-order valence-corrected chi connectivity index (χ4v) is 2.47. The molecule has 0 radical (unpaired) electrons. The Labute approximate surface area is 123 Å². The summed E-state index contributed by atoms with van der Waals surface area (Å²) >= 11 is 0. The molecule has 0 spiro atoms. The summed E-state index contributed by atoms with van der Waals surface area (Å²) in [5, 5.41) is 7.56. The summed E-state index contributed by atoms with van der Waals surface area (Å²) in [6.45, 7) is 2.09. The first-order valence-corrected chi connectivity index (χ1v) is 7.08. The molecule has 3 aromatic rings. The molecule has 1 N–H and O–H groups in total. The predicted octanol–water partition coefficient (Wildman–Crippen LogP) is 4.31. The van der Waals surface area contributed by atoms with Crippen LogP contribution in [0.2, 0.25) is 0 Å². The number of nitrogens with zero attached hydrogens (tertiary/aromatic N) is 1. The fraction of sp³-hybridized carbons (Fsp3) is 0.167. The van der Waals surface area contributed by atoms with Crippen LogP contribution in [0.5, 0.6) is 0 Å². The minimum Gasteiger partial charge on any atom is -0.282 e. The zero-order valence-corrected chi connectivity index (χ0v) is 11.9. The van der Waals surface area contributed by atoms with Crippen LogP contribution in [-0.4, -0.2) is 10.2 Å². The second-order valence-corrected chi connectivity index (χ2v) is 5.17. The highest BCUT2D eigenvalue weighted by Gasteiger charge is 2.10. The molecular formula is C18H17FN2. The van der Waals surface area contributed by atoms with Crippen LogP contribution in [0.3, 0.4) is 0 Å². The van der Waals surface area contributed by atoms with Gasteiger partial charge in [0.2, 0.25) is 0 Å². The first-order valence-electron chi connectivity index (χ1n) is 7.08. The van der Waals surface area contributed by atoms with Crippen molar-refractivity contribution in [1.29, 1.82) is 0 Å². The number of aromatic nitrogens is 2. The number of benzene rings is 2. The molecular weight excluding hydrogens is 263 g/mol. The minimum absolute atomic E-state index is 0.192. The third-order valence-electron chi connectivity index (χ3n) is 3.73. The molecule has 0 amide bonds. The van der Waals surface area contributed by atoms with Crippen LogP contribution in [-0.2, 0) is 12.8 Å². The first-order chi connectivity index (χ1) is 10.2. The molecule has 2 aromatic carbocycles. The Morgan fingerprint density at radius 1 is 0.952 bits per heavy atom. The number of nitrogens with one attached hydrogen (secondary N) is 1. The lowest BCUT2D eigenvalue weighted by Crippen LogP contribution is -1.94. The van der Waals surface area contributed by atoms with Gasteiger partial charge in [-0.25, -0.2) is 4.39 Å². The van der Waals surface area contributed by atoms with Gasteiger partial charge < -0.3 is 0 Å². The molecule has 106 valence electrons. The first kappa shape index (κ1) is 13.6. The maximum absolute atomic E-state index is 12.9. The van der Waals surface area contributed by atoms with Crippen molar-refractivity contribution in [2.24, 2.45) is 0 Å². The van der Waals surface area contributed by atoms with Gasteiger partial charge in [0.05, 0.1) is 5.69 Å². The summed E-state index contributed by atoms with van der Waals surface area (Å²) in [5.74, 6) is -0.192. The molecule has 2 nitrogen and oxygen atoms in total. The molecule has 0 saturated carbocycles. The molecule has 21 heavy (non-hydrogen) atoms. The molecule has 0 fully saturated rings. The summed E-state index contributed by atoms with van der Waals surface area (Å²) in [5.41, 5.74) is 5.58. The second-order valence-electron chi connectivity index (χ2n) is 5.17. The number of hydrogen-bond acceptors (Lipinski definition) is 1. The molecule has 0 aliphatic heterocycles. The van der Waals surface area contributed by atoms with Crippen LogP contribution in [0.25, 0.3) is 11.3 Å².